The number of carbonyl (C=O) groups is 4. The molecular weight excluding hydrogens is 336 g/mol. The summed E-state index contributed by atoms with van der Waals surface area (Å²) >= 11 is 0. The number of ketones is 3. The molecule has 0 aromatic rings. The van der Waals surface area contributed by atoms with Crippen LogP contribution in [0.1, 0.15) is 58.3 Å². The highest BCUT2D eigenvalue weighted by Crippen LogP contribution is 2.65. The lowest BCUT2D eigenvalue weighted by Gasteiger charge is -2.59. The van der Waals surface area contributed by atoms with Gasteiger partial charge in [-0.1, -0.05) is 0 Å². The molecule has 0 aliphatic heterocycles. The van der Waals surface area contributed by atoms with E-state index >= 15 is 0 Å². The molecule has 0 aromatic carbocycles. The molecule has 26 heavy (non-hydrogen) atoms. The van der Waals surface area contributed by atoms with Crippen LogP contribution in [0, 0.1) is 28.6 Å². The molecule has 6 heteroatoms. The zero-order valence-corrected chi connectivity index (χ0v) is 15.4. The molecule has 4 aliphatic carbocycles. The third-order valence-electron chi connectivity index (χ3n) is 8.14. The second-order valence-electron chi connectivity index (χ2n) is 8.85. The van der Waals surface area contributed by atoms with Crippen LogP contribution in [0.25, 0.3) is 0 Å². The largest absolute Gasteiger partial charge is 0.468 e. The molecule has 4 rings (SSSR count). The van der Waals surface area contributed by atoms with Gasteiger partial charge in [0.25, 0.3) is 0 Å². The fourth-order valence-corrected chi connectivity index (χ4v) is 6.79. The lowest BCUT2D eigenvalue weighted by molar-refractivity contribution is -0.207. The summed E-state index contributed by atoms with van der Waals surface area (Å²) in [5.74, 6) is -2.60. The first-order valence-electron chi connectivity index (χ1n) is 9.63. The number of ether oxygens (including phenoxy) is 1. The van der Waals surface area contributed by atoms with Crippen LogP contribution in [-0.4, -0.2) is 41.1 Å². The maximum absolute atomic E-state index is 13.1. The Kier molecular flexibility index (Phi) is 3.75. The number of hydrogen-bond acceptors (Lipinski definition) is 6. The van der Waals surface area contributed by atoms with Crippen molar-refractivity contribution in [3.8, 4) is 0 Å². The van der Waals surface area contributed by atoms with Gasteiger partial charge in [-0.2, -0.15) is 0 Å². The molecule has 6 nitrogen and oxygen atoms in total. The molecule has 0 bridgehead atoms. The minimum atomic E-state index is -1.46. The predicted molar refractivity (Wildman–Crippen MR) is 89.9 cm³/mol. The highest BCUT2D eigenvalue weighted by atomic mass is 16.5. The van der Waals surface area contributed by atoms with Gasteiger partial charge >= 0.3 is 5.97 Å². The minimum Gasteiger partial charge on any atom is -0.468 e. The number of aliphatic hydroxyl groups is 1. The van der Waals surface area contributed by atoms with Crippen molar-refractivity contribution in [2.75, 3.05) is 7.11 Å². The van der Waals surface area contributed by atoms with Gasteiger partial charge in [-0.25, -0.2) is 0 Å². The predicted octanol–water partition coefficient (Wildman–Crippen LogP) is 1.61. The molecule has 1 N–H and O–H groups in total. The second kappa shape index (κ2) is 5.47. The standard InChI is InChI=1S/C20H26O6/c1-18-8-6-12-16(19(18,25)9-7-14(18)22)13(21)10-11-4-3-5-15(23)20(11,12)17(24)26-2/h11-12,16,25H,3-10H2,1-2H3/t11?,12-,16+,18-,19+,20+/m0/s1. The number of carbonyl (C=O) groups excluding carboxylic acids is 4. The summed E-state index contributed by atoms with van der Waals surface area (Å²) in [4.78, 5) is 51.6. The Morgan fingerprint density at radius 2 is 1.85 bits per heavy atom. The quantitative estimate of drug-likeness (QED) is 0.562. The first-order chi connectivity index (χ1) is 12.2. The molecule has 0 aromatic heterocycles. The zero-order valence-electron chi connectivity index (χ0n) is 15.4. The van der Waals surface area contributed by atoms with Crippen molar-refractivity contribution >= 4 is 23.3 Å². The summed E-state index contributed by atoms with van der Waals surface area (Å²) in [7, 11) is 1.28. The van der Waals surface area contributed by atoms with E-state index in [9.17, 15) is 24.3 Å². The molecule has 0 heterocycles. The fourth-order valence-electron chi connectivity index (χ4n) is 6.79. The van der Waals surface area contributed by atoms with Crippen LogP contribution in [-0.2, 0) is 23.9 Å². The maximum atomic E-state index is 13.1. The van der Waals surface area contributed by atoms with E-state index in [1.807, 2.05) is 0 Å². The SMILES string of the molecule is COC(=O)[C@]12C(=O)CCCC1CC(=O)[C@H]1[C@@H]2CC[C@@]2(C)C(=O)CC[C@@]12O. The Labute approximate surface area is 152 Å². The highest BCUT2D eigenvalue weighted by Gasteiger charge is 2.73. The number of esters is 1. The Hall–Kier alpha value is -1.56. The Morgan fingerprint density at radius 1 is 1.12 bits per heavy atom. The van der Waals surface area contributed by atoms with Crippen LogP contribution in [0.2, 0.25) is 0 Å². The van der Waals surface area contributed by atoms with Crippen LogP contribution in [0.15, 0.2) is 0 Å². The van der Waals surface area contributed by atoms with Crippen molar-refractivity contribution in [3.05, 3.63) is 0 Å². The second-order valence-corrected chi connectivity index (χ2v) is 8.85. The number of fused-ring (bicyclic) bond motifs is 5. The molecule has 1 unspecified atom stereocenters. The van der Waals surface area contributed by atoms with E-state index in [4.69, 9.17) is 4.74 Å². The Morgan fingerprint density at radius 3 is 2.54 bits per heavy atom. The first-order valence-corrected chi connectivity index (χ1v) is 9.63. The average Bonchev–Trinajstić information content (AvgIpc) is 2.85. The zero-order chi connectivity index (χ0) is 18.9. The van der Waals surface area contributed by atoms with Crippen LogP contribution in [0.5, 0.6) is 0 Å². The van der Waals surface area contributed by atoms with Crippen molar-refractivity contribution < 1.29 is 29.0 Å². The molecule has 0 radical (unpaired) electrons. The number of Topliss-reactive ketones (excluding diaryl/α,β-unsaturated/α-hetero) is 3. The lowest BCUT2D eigenvalue weighted by Crippen LogP contribution is -2.69. The number of methoxy groups -OCH3 is 1. The summed E-state index contributed by atoms with van der Waals surface area (Å²) in [6.07, 6.45) is 3.01. The molecule has 4 aliphatic rings. The smallest absolute Gasteiger partial charge is 0.319 e. The van der Waals surface area contributed by atoms with Gasteiger partial charge in [-0.3, -0.25) is 19.2 Å². The minimum absolute atomic E-state index is 0.0181. The Bertz CT molecular complexity index is 703. The number of rotatable bonds is 1. The highest BCUT2D eigenvalue weighted by molar-refractivity contribution is 6.07. The molecule has 0 spiro atoms. The summed E-state index contributed by atoms with van der Waals surface area (Å²) in [5, 5.41) is 11.5. The normalized spacial score (nSPS) is 47.8. The van der Waals surface area contributed by atoms with Gasteiger partial charge in [0.15, 0.2) is 5.78 Å². The van der Waals surface area contributed by atoms with Crippen molar-refractivity contribution in [2.45, 2.75) is 63.9 Å². The monoisotopic (exact) mass is 362 g/mol. The van der Waals surface area contributed by atoms with Crippen LogP contribution in [0.3, 0.4) is 0 Å². The van der Waals surface area contributed by atoms with Crippen LogP contribution >= 0.6 is 0 Å². The van der Waals surface area contributed by atoms with Crippen molar-refractivity contribution in [1.29, 1.82) is 0 Å². The molecule has 142 valence electrons. The lowest BCUT2D eigenvalue weighted by atomic mass is 9.43. The van der Waals surface area contributed by atoms with Crippen molar-refractivity contribution in [3.63, 3.8) is 0 Å². The van der Waals surface area contributed by atoms with Crippen LogP contribution < -0.4 is 0 Å². The van der Waals surface area contributed by atoms with Crippen molar-refractivity contribution in [1.82, 2.24) is 0 Å². The fraction of sp³-hybridized carbons (Fsp3) is 0.800. The van der Waals surface area contributed by atoms with Gasteiger partial charge in [-0.15, -0.1) is 0 Å². The summed E-state index contributed by atoms with van der Waals surface area (Å²) in [6.45, 7) is 1.74. The molecule has 0 saturated heterocycles. The van der Waals surface area contributed by atoms with E-state index in [2.05, 4.69) is 0 Å². The van der Waals surface area contributed by atoms with E-state index in [1.54, 1.807) is 6.92 Å². The Balaban J connectivity index is 1.88. The van der Waals surface area contributed by atoms with Crippen molar-refractivity contribution in [2.24, 2.45) is 28.6 Å². The van der Waals surface area contributed by atoms with E-state index < -0.39 is 34.2 Å². The van der Waals surface area contributed by atoms with Crippen LogP contribution in [0.4, 0.5) is 0 Å². The van der Waals surface area contributed by atoms with E-state index in [0.717, 1.165) is 0 Å². The third kappa shape index (κ3) is 1.81. The van der Waals surface area contributed by atoms with E-state index in [0.29, 0.717) is 32.1 Å². The molecule has 4 fully saturated rings. The van der Waals surface area contributed by atoms with E-state index in [-0.39, 0.29) is 42.5 Å². The first kappa shape index (κ1) is 17.8. The summed E-state index contributed by atoms with van der Waals surface area (Å²) in [5.41, 5.74) is -3.77. The molecule has 4 saturated carbocycles. The van der Waals surface area contributed by atoms with Gasteiger partial charge < -0.3 is 9.84 Å². The van der Waals surface area contributed by atoms with Gasteiger partial charge in [-0.05, 0) is 50.9 Å². The third-order valence-corrected chi connectivity index (χ3v) is 8.14. The van der Waals surface area contributed by atoms with Gasteiger partial charge in [0.1, 0.15) is 17.0 Å². The van der Waals surface area contributed by atoms with Gasteiger partial charge in [0.2, 0.25) is 0 Å². The maximum Gasteiger partial charge on any atom is 0.319 e. The molecule has 6 atom stereocenters. The number of hydrogen-bond donors (Lipinski definition) is 1. The molecular formula is C20H26O6. The molecule has 0 amide bonds. The topological polar surface area (TPSA) is 97.7 Å². The average molecular weight is 362 g/mol. The van der Waals surface area contributed by atoms with Gasteiger partial charge in [0.05, 0.1) is 24.0 Å². The van der Waals surface area contributed by atoms with Gasteiger partial charge in [0, 0.05) is 19.3 Å². The summed E-state index contributed by atoms with van der Waals surface area (Å²) < 4.78 is 5.08. The van der Waals surface area contributed by atoms with E-state index in [1.165, 1.54) is 7.11 Å². The summed E-state index contributed by atoms with van der Waals surface area (Å²) in [6, 6.07) is 0.